The number of amides is 1. The van der Waals surface area contributed by atoms with Crippen molar-refractivity contribution in [1.29, 1.82) is 0 Å². The quantitative estimate of drug-likeness (QED) is 0.657. The maximum Gasteiger partial charge on any atom is 0.243 e. The second-order valence-electron chi connectivity index (χ2n) is 6.44. The zero-order valence-corrected chi connectivity index (χ0v) is 16.6. The van der Waals surface area contributed by atoms with Crippen molar-refractivity contribution in [2.45, 2.75) is 25.4 Å². The molecule has 1 amide bonds. The van der Waals surface area contributed by atoms with Crippen LogP contribution in [0.15, 0.2) is 41.8 Å². The van der Waals surface area contributed by atoms with Gasteiger partial charge < -0.3 is 9.64 Å². The molecular weight excluding hydrogens is 380 g/mol. The molecule has 0 aliphatic carbocycles. The van der Waals surface area contributed by atoms with Gasteiger partial charge in [-0.3, -0.25) is 14.5 Å². The van der Waals surface area contributed by atoms with Gasteiger partial charge in [-0.1, -0.05) is 18.2 Å². The zero-order chi connectivity index (χ0) is 18.8. The third-order valence-corrected chi connectivity index (χ3v) is 6.02. The molecule has 1 N–H and O–H groups in total. The average molecular weight is 401 g/mol. The van der Waals surface area contributed by atoms with Crippen LogP contribution >= 0.6 is 23.6 Å². The standard InChI is InChI=1S/C19H20N4O2S2/c1-25-14-6-2-5-13(11-14)15-7-3-9-22(15)17(24)12-23-18(20-21-19(23)26)16-8-4-10-27-16/h2,4-6,8,10-11,15H,3,7,9,12H2,1H3,(H,21,26). The van der Waals surface area contributed by atoms with E-state index in [2.05, 4.69) is 16.3 Å². The number of carbonyl (C=O) groups is 1. The summed E-state index contributed by atoms with van der Waals surface area (Å²) in [6.45, 7) is 0.934. The lowest BCUT2D eigenvalue weighted by molar-refractivity contribution is -0.132. The monoisotopic (exact) mass is 400 g/mol. The van der Waals surface area contributed by atoms with Crippen molar-refractivity contribution in [3.8, 4) is 16.5 Å². The number of benzene rings is 1. The fourth-order valence-electron chi connectivity index (χ4n) is 3.54. The van der Waals surface area contributed by atoms with Crippen molar-refractivity contribution in [2.75, 3.05) is 13.7 Å². The number of carbonyl (C=O) groups excluding carboxylic acids is 1. The highest BCUT2D eigenvalue weighted by molar-refractivity contribution is 7.71. The minimum atomic E-state index is 0.0515. The molecule has 27 heavy (non-hydrogen) atoms. The molecule has 1 saturated heterocycles. The lowest BCUT2D eigenvalue weighted by Gasteiger charge is -2.25. The van der Waals surface area contributed by atoms with Crippen molar-refractivity contribution in [3.63, 3.8) is 0 Å². The van der Waals surface area contributed by atoms with E-state index < -0.39 is 0 Å². The molecule has 1 aliphatic heterocycles. The molecule has 1 atom stereocenters. The summed E-state index contributed by atoms with van der Waals surface area (Å²) in [5.74, 6) is 1.57. The summed E-state index contributed by atoms with van der Waals surface area (Å²) in [5.41, 5.74) is 1.11. The lowest BCUT2D eigenvalue weighted by atomic mass is 10.0. The van der Waals surface area contributed by atoms with Gasteiger partial charge in [0.25, 0.3) is 0 Å². The topological polar surface area (TPSA) is 63.1 Å². The average Bonchev–Trinajstić information content (AvgIpc) is 3.43. The number of hydrogen-bond acceptors (Lipinski definition) is 5. The summed E-state index contributed by atoms with van der Waals surface area (Å²) in [5, 5.41) is 9.11. The Balaban J connectivity index is 1.58. The van der Waals surface area contributed by atoms with Gasteiger partial charge in [-0.2, -0.15) is 5.10 Å². The Kier molecular flexibility index (Phi) is 5.09. The second-order valence-corrected chi connectivity index (χ2v) is 7.77. The SMILES string of the molecule is COc1cccc(C2CCCN2C(=O)Cn2c(-c3cccs3)n[nH]c2=S)c1. The Morgan fingerprint density at radius 3 is 3.07 bits per heavy atom. The summed E-state index contributed by atoms with van der Waals surface area (Å²) >= 11 is 6.93. The molecule has 1 unspecified atom stereocenters. The minimum Gasteiger partial charge on any atom is -0.497 e. The number of methoxy groups -OCH3 is 1. The van der Waals surface area contributed by atoms with Crippen LogP contribution in [0.2, 0.25) is 0 Å². The number of aromatic nitrogens is 3. The van der Waals surface area contributed by atoms with Crippen molar-refractivity contribution < 1.29 is 9.53 Å². The van der Waals surface area contributed by atoms with Gasteiger partial charge >= 0.3 is 0 Å². The number of thiophene rings is 1. The van der Waals surface area contributed by atoms with E-state index in [1.54, 1.807) is 23.0 Å². The second kappa shape index (κ2) is 7.66. The van der Waals surface area contributed by atoms with Crippen LogP contribution in [0.25, 0.3) is 10.7 Å². The molecule has 0 saturated carbocycles. The van der Waals surface area contributed by atoms with Crippen LogP contribution in [0, 0.1) is 4.77 Å². The van der Waals surface area contributed by atoms with Gasteiger partial charge in [-0.05, 0) is 54.2 Å². The van der Waals surface area contributed by atoms with E-state index in [9.17, 15) is 4.79 Å². The first-order valence-corrected chi connectivity index (χ1v) is 10.1. The molecule has 3 heterocycles. The van der Waals surface area contributed by atoms with E-state index in [0.29, 0.717) is 10.6 Å². The molecule has 0 radical (unpaired) electrons. The van der Waals surface area contributed by atoms with Crippen molar-refractivity contribution in [3.05, 3.63) is 52.1 Å². The number of aromatic amines is 1. The molecule has 8 heteroatoms. The first-order chi connectivity index (χ1) is 13.2. The Hall–Kier alpha value is -2.45. The molecule has 0 spiro atoms. The van der Waals surface area contributed by atoms with Crippen LogP contribution in [-0.2, 0) is 11.3 Å². The first-order valence-electron chi connectivity index (χ1n) is 8.80. The smallest absolute Gasteiger partial charge is 0.243 e. The van der Waals surface area contributed by atoms with Gasteiger partial charge in [0.2, 0.25) is 5.91 Å². The summed E-state index contributed by atoms with van der Waals surface area (Å²) in [4.78, 5) is 16.0. The highest BCUT2D eigenvalue weighted by Gasteiger charge is 2.30. The molecular formula is C19H20N4O2S2. The van der Waals surface area contributed by atoms with E-state index in [4.69, 9.17) is 17.0 Å². The van der Waals surface area contributed by atoms with Gasteiger partial charge in [-0.25, -0.2) is 0 Å². The van der Waals surface area contributed by atoms with E-state index >= 15 is 0 Å². The summed E-state index contributed by atoms with van der Waals surface area (Å²) in [7, 11) is 1.66. The Labute approximate surface area is 166 Å². The van der Waals surface area contributed by atoms with Crippen LogP contribution in [0.4, 0.5) is 0 Å². The minimum absolute atomic E-state index is 0.0515. The predicted octanol–water partition coefficient (Wildman–Crippen LogP) is 4.04. The highest BCUT2D eigenvalue weighted by atomic mass is 32.1. The molecule has 3 aromatic rings. The maximum atomic E-state index is 13.1. The number of hydrogen-bond donors (Lipinski definition) is 1. The number of H-pyrrole nitrogens is 1. The van der Waals surface area contributed by atoms with Crippen LogP contribution in [0.3, 0.4) is 0 Å². The number of ether oxygens (including phenoxy) is 1. The normalized spacial score (nSPS) is 16.6. The molecule has 1 aliphatic rings. The fourth-order valence-corrected chi connectivity index (χ4v) is 4.46. The van der Waals surface area contributed by atoms with Gasteiger partial charge in [0.1, 0.15) is 12.3 Å². The van der Waals surface area contributed by atoms with Crippen LogP contribution < -0.4 is 4.74 Å². The summed E-state index contributed by atoms with van der Waals surface area (Å²) in [6.07, 6.45) is 1.94. The third kappa shape index (κ3) is 3.54. The van der Waals surface area contributed by atoms with Crippen molar-refractivity contribution >= 4 is 29.5 Å². The van der Waals surface area contributed by atoms with E-state index in [1.807, 2.05) is 40.6 Å². The summed E-state index contributed by atoms with van der Waals surface area (Å²) < 4.78 is 7.58. The van der Waals surface area contributed by atoms with E-state index in [1.165, 1.54) is 0 Å². The Morgan fingerprint density at radius 2 is 2.30 bits per heavy atom. The molecule has 4 rings (SSSR count). The van der Waals surface area contributed by atoms with Crippen molar-refractivity contribution in [2.24, 2.45) is 0 Å². The zero-order valence-electron chi connectivity index (χ0n) is 14.9. The van der Waals surface area contributed by atoms with Gasteiger partial charge in [0, 0.05) is 6.54 Å². The van der Waals surface area contributed by atoms with Gasteiger partial charge in [-0.15, -0.1) is 11.3 Å². The molecule has 1 fully saturated rings. The Bertz CT molecular complexity index is 993. The molecule has 0 bridgehead atoms. The van der Waals surface area contributed by atoms with Crippen LogP contribution in [0.1, 0.15) is 24.4 Å². The van der Waals surface area contributed by atoms with E-state index in [-0.39, 0.29) is 18.5 Å². The molecule has 2 aromatic heterocycles. The van der Waals surface area contributed by atoms with Gasteiger partial charge in [0.05, 0.1) is 18.0 Å². The number of rotatable bonds is 5. The molecule has 140 valence electrons. The summed E-state index contributed by atoms with van der Waals surface area (Å²) in [6, 6.07) is 12.0. The van der Waals surface area contributed by atoms with Gasteiger partial charge in [0.15, 0.2) is 10.6 Å². The Morgan fingerprint density at radius 1 is 1.41 bits per heavy atom. The van der Waals surface area contributed by atoms with Crippen LogP contribution in [0.5, 0.6) is 5.75 Å². The maximum absolute atomic E-state index is 13.1. The molecule has 6 nitrogen and oxygen atoms in total. The predicted molar refractivity (Wildman–Crippen MR) is 107 cm³/mol. The lowest BCUT2D eigenvalue weighted by Crippen LogP contribution is -2.33. The molecule has 1 aromatic carbocycles. The number of nitrogens with zero attached hydrogens (tertiary/aromatic N) is 3. The third-order valence-electron chi connectivity index (χ3n) is 4.84. The first kappa shape index (κ1) is 17.9. The van der Waals surface area contributed by atoms with Crippen molar-refractivity contribution in [1.82, 2.24) is 19.7 Å². The van der Waals surface area contributed by atoms with Crippen LogP contribution in [-0.4, -0.2) is 39.2 Å². The largest absolute Gasteiger partial charge is 0.497 e. The highest BCUT2D eigenvalue weighted by Crippen LogP contribution is 2.34. The number of nitrogens with one attached hydrogen (secondary N) is 1. The number of likely N-dealkylation sites (tertiary alicyclic amines) is 1. The van der Waals surface area contributed by atoms with E-state index in [0.717, 1.165) is 35.6 Å². The fraction of sp³-hybridized carbons (Fsp3) is 0.316.